The van der Waals surface area contributed by atoms with Gasteiger partial charge in [0, 0.05) is 19.0 Å². The van der Waals surface area contributed by atoms with Crippen LogP contribution >= 0.6 is 11.6 Å². The average molecular weight is 166 g/mol. The standard InChI is InChI=1S/C7H16ClNO/c1-7(2)10-6-5-9-4-3-8/h7,9H,3-6H2,1-2H3. The molecule has 3 heteroatoms. The number of nitrogens with one attached hydrogen (secondary N) is 1. The maximum Gasteiger partial charge on any atom is 0.0594 e. The number of hydrogen-bond acceptors (Lipinski definition) is 2. The van der Waals surface area contributed by atoms with Crippen LogP contribution in [0.3, 0.4) is 0 Å². The van der Waals surface area contributed by atoms with E-state index in [4.69, 9.17) is 16.3 Å². The predicted octanol–water partition coefficient (Wildman–Crippen LogP) is 1.24. The maximum absolute atomic E-state index is 5.44. The fourth-order valence-corrected chi connectivity index (χ4v) is 0.692. The van der Waals surface area contributed by atoms with Crippen LogP contribution in [-0.2, 0) is 4.74 Å². The molecule has 0 aliphatic carbocycles. The first-order valence-electron chi connectivity index (χ1n) is 3.65. The van der Waals surface area contributed by atoms with E-state index in [-0.39, 0.29) is 0 Å². The highest BCUT2D eigenvalue weighted by Crippen LogP contribution is 1.84. The van der Waals surface area contributed by atoms with Crippen molar-refractivity contribution in [1.82, 2.24) is 5.32 Å². The van der Waals surface area contributed by atoms with E-state index in [1.165, 1.54) is 0 Å². The van der Waals surface area contributed by atoms with Gasteiger partial charge in [-0.25, -0.2) is 0 Å². The number of halogens is 1. The molecule has 0 aromatic carbocycles. The van der Waals surface area contributed by atoms with Crippen molar-refractivity contribution < 1.29 is 4.74 Å². The lowest BCUT2D eigenvalue weighted by atomic mass is 10.5. The van der Waals surface area contributed by atoms with E-state index >= 15 is 0 Å². The number of rotatable bonds is 6. The van der Waals surface area contributed by atoms with E-state index in [1.54, 1.807) is 0 Å². The molecule has 0 spiro atoms. The highest BCUT2D eigenvalue weighted by molar-refractivity contribution is 6.18. The normalized spacial score (nSPS) is 10.8. The summed E-state index contributed by atoms with van der Waals surface area (Å²) in [5, 5.41) is 3.13. The van der Waals surface area contributed by atoms with Gasteiger partial charge in [-0.2, -0.15) is 0 Å². The summed E-state index contributed by atoms with van der Waals surface area (Å²) in [6.45, 7) is 6.59. The van der Waals surface area contributed by atoms with Gasteiger partial charge in [0.2, 0.25) is 0 Å². The molecule has 62 valence electrons. The Morgan fingerprint density at radius 3 is 2.60 bits per heavy atom. The number of hydrogen-bond donors (Lipinski definition) is 1. The topological polar surface area (TPSA) is 21.3 Å². The molecule has 0 heterocycles. The molecule has 0 unspecified atom stereocenters. The van der Waals surface area contributed by atoms with Crippen molar-refractivity contribution in [3.8, 4) is 0 Å². The van der Waals surface area contributed by atoms with E-state index in [9.17, 15) is 0 Å². The minimum Gasteiger partial charge on any atom is -0.377 e. The molecule has 0 fully saturated rings. The van der Waals surface area contributed by atoms with Gasteiger partial charge in [-0.05, 0) is 13.8 Å². The summed E-state index contributed by atoms with van der Waals surface area (Å²) in [7, 11) is 0. The smallest absolute Gasteiger partial charge is 0.0594 e. The fourth-order valence-electron chi connectivity index (χ4n) is 0.559. The number of ether oxygens (including phenoxy) is 1. The summed E-state index contributed by atoms with van der Waals surface area (Å²) in [5.41, 5.74) is 0. The Labute approximate surface area is 67.9 Å². The zero-order valence-corrected chi connectivity index (χ0v) is 7.45. The van der Waals surface area contributed by atoms with Crippen LogP contribution in [-0.4, -0.2) is 31.7 Å². The molecule has 1 N–H and O–H groups in total. The van der Waals surface area contributed by atoms with Gasteiger partial charge in [-0.3, -0.25) is 0 Å². The van der Waals surface area contributed by atoms with E-state index < -0.39 is 0 Å². The van der Waals surface area contributed by atoms with Gasteiger partial charge < -0.3 is 10.1 Å². The molecule has 0 rings (SSSR count). The van der Waals surface area contributed by atoms with Crippen LogP contribution in [0.15, 0.2) is 0 Å². The lowest BCUT2D eigenvalue weighted by Gasteiger charge is -2.06. The molecule has 2 nitrogen and oxygen atoms in total. The summed E-state index contributed by atoms with van der Waals surface area (Å²) >= 11 is 5.44. The molecule has 0 aromatic heterocycles. The third kappa shape index (κ3) is 8.21. The molecule has 0 saturated carbocycles. The Kier molecular flexibility index (Phi) is 7.47. The minimum absolute atomic E-state index is 0.331. The first-order chi connectivity index (χ1) is 4.77. The summed E-state index contributed by atoms with van der Waals surface area (Å²) in [4.78, 5) is 0. The van der Waals surface area contributed by atoms with Gasteiger partial charge in [0.1, 0.15) is 0 Å². The van der Waals surface area contributed by atoms with Crippen molar-refractivity contribution in [1.29, 1.82) is 0 Å². The Balaban J connectivity index is 2.77. The zero-order valence-electron chi connectivity index (χ0n) is 6.69. The lowest BCUT2D eigenvalue weighted by Crippen LogP contribution is -2.22. The van der Waals surface area contributed by atoms with Crippen molar-refractivity contribution in [2.75, 3.05) is 25.6 Å². The quantitative estimate of drug-likeness (QED) is 0.473. The Morgan fingerprint density at radius 1 is 1.40 bits per heavy atom. The SMILES string of the molecule is CC(C)OCCNCCCl. The molecule has 0 atom stereocenters. The molecule has 0 bridgehead atoms. The predicted molar refractivity (Wildman–Crippen MR) is 44.7 cm³/mol. The van der Waals surface area contributed by atoms with Crippen molar-refractivity contribution in [2.24, 2.45) is 0 Å². The van der Waals surface area contributed by atoms with E-state index in [1.807, 2.05) is 13.8 Å². The van der Waals surface area contributed by atoms with Crippen LogP contribution in [0.1, 0.15) is 13.8 Å². The second-order valence-corrected chi connectivity index (χ2v) is 2.74. The van der Waals surface area contributed by atoms with Crippen molar-refractivity contribution >= 4 is 11.6 Å². The van der Waals surface area contributed by atoms with E-state index in [2.05, 4.69) is 5.32 Å². The molecule has 0 saturated heterocycles. The first-order valence-corrected chi connectivity index (χ1v) is 4.19. The molecule has 0 aliphatic rings. The lowest BCUT2D eigenvalue weighted by molar-refractivity contribution is 0.0811. The second kappa shape index (κ2) is 7.32. The molecule has 0 aromatic rings. The van der Waals surface area contributed by atoms with E-state index in [0.717, 1.165) is 19.7 Å². The van der Waals surface area contributed by atoms with Crippen LogP contribution in [0.4, 0.5) is 0 Å². The monoisotopic (exact) mass is 165 g/mol. The number of alkyl halides is 1. The van der Waals surface area contributed by atoms with Crippen LogP contribution in [0, 0.1) is 0 Å². The largest absolute Gasteiger partial charge is 0.377 e. The minimum atomic E-state index is 0.331. The summed E-state index contributed by atoms with van der Waals surface area (Å²) < 4.78 is 5.28. The van der Waals surface area contributed by atoms with Gasteiger partial charge in [-0.1, -0.05) is 0 Å². The van der Waals surface area contributed by atoms with E-state index in [0.29, 0.717) is 12.0 Å². The molecule has 0 aliphatic heterocycles. The summed E-state index contributed by atoms with van der Waals surface area (Å²) in [5.74, 6) is 0.668. The Bertz CT molecular complexity index is 68.6. The molecule has 10 heavy (non-hydrogen) atoms. The highest BCUT2D eigenvalue weighted by Gasteiger charge is 1.90. The Hall–Kier alpha value is 0.210. The molecule has 0 radical (unpaired) electrons. The highest BCUT2D eigenvalue weighted by atomic mass is 35.5. The molecule has 0 amide bonds. The second-order valence-electron chi connectivity index (χ2n) is 2.36. The van der Waals surface area contributed by atoms with Crippen LogP contribution in [0.5, 0.6) is 0 Å². The first kappa shape index (κ1) is 10.2. The van der Waals surface area contributed by atoms with Gasteiger partial charge in [0.05, 0.1) is 12.7 Å². The van der Waals surface area contributed by atoms with Crippen molar-refractivity contribution in [3.63, 3.8) is 0 Å². The van der Waals surface area contributed by atoms with Gasteiger partial charge in [-0.15, -0.1) is 11.6 Å². The van der Waals surface area contributed by atoms with Gasteiger partial charge in [0.25, 0.3) is 0 Å². The summed E-state index contributed by atoms with van der Waals surface area (Å²) in [6, 6.07) is 0. The molecular formula is C7H16ClNO. The van der Waals surface area contributed by atoms with Crippen LogP contribution < -0.4 is 5.32 Å². The third-order valence-corrected chi connectivity index (χ3v) is 1.19. The van der Waals surface area contributed by atoms with Crippen molar-refractivity contribution in [3.05, 3.63) is 0 Å². The van der Waals surface area contributed by atoms with Crippen molar-refractivity contribution in [2.45, 2.75) is 20.0 Å². The molecular weight excluding hydrogens is 150 g/mol. The zero-order chi connectivity index (χ0) is 7.82. The third-order valence-electron chi connectivity index (χ3n) is 1.00. The van der Waals surface area contributed by atoms with Crippen LogP contribution in [0.25, 0.3) is 0 Å². The summed E-state index contributed by atoms with van der Waals surface area (Å²) in [6.07, 6.45) is 0.331. The van der Waals surface area contributed by atoms with Gasteiger partial charge >= 0.3 is 0 Å². The average Bonchev–Trinajstić information content (AvgIpc) is 1.87. The Morgan fingerprint density at radius 2 is 2.10 bits per heavy atom. The van der Waals surface area contributed by atoms with Crippen LogP contribution in [0.2, 0.25) is 0 Å². The fraction of sp³-hybridized carbons (Fsp3) is 1.00. The van der Waals surface area contributed by atoms with Gasteiger partial charge in [0.15, 0.2) is 0 Å². The maximum atomic E-state index is 5.44.